The maximum Gasteiger partial charge on any atom is 0.497 e. The smallest absolute Gasteiger partial charge is 0.399 e. The summed E-state index contributed by atoms with van der Waals surface area (Å²) in [7, 11) is -0.766. The van der Waals surface area contributed by atoms with Crippen molar-refractivity contribution in [2.45, 2.75) is 58.3 Å². The van der Waals surface area contributed by atoms with E-state index in [1.807, 2.05) is 58.9 Å². The highest BCUT2D eigenvalue weighted by Gasteiger charge is 2.52. The third kappa shape index (κ3) is 3.20. The lowest BCUT2D eigenvalue weighted by atomic mass is 9.76. The van der Waals surface area contributed by atoms with Gasteiger partial charge in [-0.3, -0.25) is 0 Å². The van der Waals surface area contributed by atoms with Crippen LogP contribution in [-0.2, 0) is 14.9 Å². The van der Waals surface area contributed by atoms with Gasteiger partial charge >= 0.3 is 7.12 Å². The van der Waals surface area contributed by atoms with Crippen LogP contribution < -0.4 is 5.46 Å². The Morgan fingerprint density at radius 2 is 1.54 bits per heavy atom. The number of aliphatic hydroxyl groups is 1. The van der Waals surface area contributed by atoms with Crippen LogP contribution in [-0.4, -0.2) is 23.4 Å². The molecule has 0 spiro atoms. The first-order valence-corrected chi connectivity index (χ1v) is 8.89. The van der Waals surface area contributed by atoms with Crippen molar-refractivity contribution in [1.29, 1.82) is 0 Å². The molecule has 1 aliphatic heterocycles. The van der Waals surface area contributed by atoms with Crippen LogP contribution in [0.4, 0.5) is 4.39 Å². The summed E-state index contributed by atoms with van der Waals surface area (Å²) >= 11 is 0. The minimum atomic E-state index is -1.29. The van der Waals surface area contributed by atoms with Crippen molar-refractivity contribution in [3.8, 4) is 0 Å². The van der Waals surface area contributed by atoms with E-state index in [9.17, 15) is 9.50 Å². The monoisotopic (exact) mass is 356 g/mol. The highest BCUT2D eigenvalue weighted by atomic mass is 19.1. The molecule has 2 aromatic rings. The maximum absolute atomic E-state index is 14.9. The van der Waals surface area contributed by atoms with Crippen molar-refractivity contribution < 1.29 is 18.8 Å². The van der Waals surface area contributed by atoms with Crippen molar-refractivity contribution in [3.63, 3.8) is 0 Å². The van der Waals surface area contributed by atoms with Gasteiger partial charge < -0.3 is 14.4 Å². The Morgan fingerprint density at radius 3 is 2.08 bits per heavy atom. The van der Waals surface area contributed by atoms with Crippen LogP contribution in [0.3, 0.4) is 0 Å². The van der Waals surface area contributed by atoms with Gasteiger partial charge in [0, 0.05) is 5.46 Å². The average molecular weight is 356 g/mol. The molecule has 5 heteroatoms. The van der Waals surface area contributed by atoms with Gasteiger partial charge in [-0.05, 0) is 58.7 Å². The lowest BCUT2D eigenvalue weighted by molar-refractivity contribution is 0.00578. The van der Waals surface area contributed by atoms with Crippen LogP contribution >= 0.6 is 0 Å². The van der Waals surface area contributed by atoms with E-state index in [0.29, 0.717) is 11.0 Å². The average Bonchev–Trinajstić information content (AvgIpc) is 2.75. The summed E-state index contributed by atoms with van der Waals surface area (Å²) in [4.78, 5) is 0. The zero-order chi connectivity index (χ0) is 19.3. The van der Waals surface area contributed by atoms with Gasteiger partial charge in [-0.1, -0.05) is 42.0 Å². The number of aryl methyl sites for hydroxylation is 1. The molecule has 3 rings (SSSR count). The molecular weight excluding hydrogens is 330 g/mol. The Balaban J connectivity index is 1.94. The van der Waals surface area contributed by atoms with Crippen molar-refractivity contribution >= 4 is 12.6 Å². The Kier molecular flexibility index (Phi) is 4.54. The number of halogens is 1. The Labute approximate surface area is 155 Å². The molecule has 3 nitrogen and oxygen atoms in total. The predicted molar refractivity (Wildman–Crippen MR) is 102 cm³/mol. The molecule has 1 atom stereocenters. The fraction of sp³-hybridized carbons (Fsp3) is 0.429. The van der Waals surface area contributed by atoms with Crippen LogP contribution in [0, 0.1) is 12.7 Å². The molecule has 1 aliphatic rings. The van der Waals surface area contributed by atoms with E-state index in [4.69, 9.17) is 9.31 Å². The third-order valence-electron chi connectivity index (χ3n) is 5.65. The molecule has 138 valence electrons. The molecule has 2 aromatic carbocycles. The van der Waals surface area contributed by atoms with Crippen molar-refractivity contribution in [3.05, 3.63) is 65.0 Å². The first-order valence-electron chi connectivity index (χ1n) is 8.89. The third-order valence-corrected chi connectivity index (χ3v) is 5.65. The second kappa shape index (κ2) is 6.19. The summed E-state index contributed by atoms with van der Waals surface area (Å²) in [5.41, 5.74) is 0.234. The highest BCUT2D eigenvalue weighted by Crippen LogP contribution is 2.37. The molecule has 1 unspecified atom stereocenters. The fourth-order valence-corrected chi connectivity index (χ4v) is 3.11. The van der Waals surface area contributed by atoms with E-state index < -0.39 is 29.7 Å². The molecule has 1 N–H and O–H groups in total. The van der Waals surface area contributed by atoms with Gasteiger partial charge in [0.05, 0.1) is 11.2 Å². The standard InChI is InChI=1S/C21H26BFO3/c1-14-8-7-9-15(12-14)21(6,24)16-10-11-17(18(23)13-16)22-25-19(2,3)20(4,5)26-22/h7-13,24H,1-6H3. The van der Waals surface area contributed by atoms with E-state index >= 15 is 0 Å². The van der Waals surface area contributed by atoms with Gasteiger partial charge in [0.2, 0.25) is 0 Å². The second-order valence-electron chi connectivity index (χ2n) is 8.27. The summed E-state index contributed by atoms with van der Waals surface area (Å²) in [6.07, 6.45) is 0. The summed E-state index contributed by atoms with van der Waals surface area (Å²) in [6, 6.07) is 12.3. The van der Waals surface area contributed by atoms with E-state index in [0.717, 1.165) is 11.1 Å². The van der Waals surface area contributed by atoms with Gasteiger partial charge in [0.25, 0.3) is 0 Å². The summed E-state index contributed by atoms with van der Waals surface area (Å²) < 4.78 is 26.7. The maximum atomic E-state index is 14.9. The van der Waals surface area contributed by atoms with Gasteiger partial charge in [0.15, 0.2) is 0 Å². The van der Waals surface area contributed by atoms with Crippen LogP contribution in [0.1, 0.15) is 51.3 Å². The first-order chi connectivity index (χ1) is 11.9. The predicted octanol–water partition coefficient (Wildman–Crippen LogP) is 3.69. The molecule has 1 fully saturated rings. The van der Waals surface area contributed by atoms with Gasteiger partial charge in [-0.2, -0.15) is 0 Å². The lowest BCUT2D eigenvalue weighted by Crippen LogP contribution is -2.41. The number of hydrogen-bond donors (Lipinski definition) is 1. The van der Waals surface area contributed by atoms with Crippen molar-refractivity contribution in [1.82, 2.24) is 0 Å². The normalized spacial score (nSPS) is 20.8. The second-order valence-corrected chi connectivity index (χ2v) is 8.27. The molecule has 1 heterocycles. The largest absolute Gasteiger partial charge is 0.497 e. The van der Waals surface area contributed by atoms with Crippen LogP contribution in [0.25, 0.3) is 0 Å². The molecule has 26 heavy (non-hydrogen) atoms. The fourth-order valence-electron chi connectivity index (χ4n) is 3.11. The van der Waals surface area contributed by atoms with E-state index in [1.54, 1.807) is 19.1 Å². The van der Waals surface area contributed by atoms with Crippen LogP contribution in [0.5, 0.6) is 0 Å². The molecule has 0 radical (unpaired) electrons. The van der Waals surface area contributed by atoms with Crippen molar-refractivity contribution in [2.75, 3.05) is 0 Å². The Morgan fingerprint density at radius 1 is 0.962 bits per heavy atom. The molecular formula is C21H26BFO3. The van der Waals surface area contributed by atoms with Crippen LogP contribution in [0.15, 0.2) is 42.5 Å². The minimum absolute atomic E-state index is 0.340. The highest BCUT2D eigenvalue weighted by molar-refractivity contribution is 6.62. The SMILES string of the molecule is Cc1cccc(C(C)(O)c2ccc(B3OC(C)(C)C(C)(C)O3)c(F)c2)c1. The Hall–Kier alpha value is -1.69. The molecule has 0 bridgehead atoms. The minimum Gasteiger partial charge on any atom is -0.399 e. The van der Waals surface area contributed by atoms with E-state index in [1.165, 1.54) is 6.07 Å². The lowest BCUT2D eigenvalue weighted by Gasteiger charge is -2.32. The number of hydrogen-bond acceptors (Lipinski definition) is 3. The molecule has 0 amide bonds. The quantitative estimate of drug-likeness (QED) is 0.853. The first kappa shape index (κ1) is 19.1. The Bertz CT molecular complexity index is 814. The van der Waals surface area contributed by atoms with E-state index in [2.05, 4.69) is 0 Å². The number of rotatable bonds is 3. The summed E-state index contributed by atoms with van der Waals surface area (Å²) in [5, 5.41) is 11.0. The molecule has 0 saturated carbocycles. The van der Waals surface area contributed by atoms with Crippen LogP contribution in [0.2, 0.25) is 0 Å². The topological polar surface area (TPSA) is 38.7 Å². The summed E-state index contributed by atoms with van der Waals surface area (Å²) in [6.45, 7) is 11.4. The molecule has 0 aliphatic carbocycles. The van der Waals surface area contributed by atoms with Gasteiger partial charge in [-0.25, -0.2) is 4.39 Å². The van der Waals surface area contributed by atoms with Gasteiger partial charge in [0.1, 0.15) is 11.4 Å². The number of benzene rings is 2. The molecule has 0 aromatic heterocycles. The van der Waals surface area contributed by atoms with Crippen molar-refractivity contribution in [2.24, 2.45) is 0 Å². The zero-order valence-corrected chi connectivity index (χ0v) is 16.3. The van der Waals surface area contributed by atoms with E-state index in [-0.39, 0.29) is 0 Å². The zero-order valence-electron chi connectivity index (χ0n) is 16.3. The van der Waals surface area contributed by atoms with Gasteiger partial charge in [-0.15, -0.1) is 0 Å². The molecule has 1 saturated heterocycles. The summed E-state index contributed by atoms with van der Waals surface area (Å²) in [5.74, 6) is -0.450.